The van der Waals surface area contributed by atoms with Gasteiger partial charge in [-0.25, -0.2) is 15.0 Å². The molecule has 0 aliphatic carbocycles. The maximum Gasteiger partial charge on any atom is 4.00 e. The van der Waals surface area contributed by atoms with Crippen molar-refractivity contribution in [1.29, 1.82) is 0 Å². The first-order valence-electron chi connectivity index (χ1n) is 22.2. The number of benzene rings is 4. The van der Waals surface area contributed by atoms with Crippen LogP contribution in [-0.4, -0.2) is 33.9 Å². The summed E-state index contributed by atoms with van der Waals surface area (Å²) >= 11 is 0. The molecule has 0 saturated carbocycles. The second kappa shape index (κ2) is 18.0. The average molecular weight is 997 g/mol. The van der Waals surface area contributed by atoms with Gasteiger partial charge >= 0.3 is 27.2 Å². The van der Waals surface area contributed by atoms with E-state index in [9.17, 15) is 13.2 Å². The summed E-state index contributed by atoms with van der Waals surface area (Å²) in [5.41, 5.74) is 7.58. The van der Waals surface area contributed by atoms with E-state index in [0.717, 1.165) is 44.0 Å². The van der Waals surface area contributed by atoms with Crippen LogP contribution >= 0.6 is 0 Å². The predicted molar refractivity (Wildman–Crippen MR) is 233 cm³/mol. The molecule has 9 nitrogen and oxygen atoms in total. The van der Waals surface area contributed by atoms with Gasteiger partial charge in [-0.1, -0.05) is 90.1 Å². The van der Waals surface area contributed by atoms with E-state index >= 15 is 0 Å². The molecule has 0 unspecified atom stereocenters. The largest absolute Gasteiger partial charge is 4.00 e. The third-order valence-corrected chi connectivity index (χ3v) is 10.1. The summed E-state index contributed by atoms with van der Waals surface area (Å²) in [5.74, 6) is 1.41. The molecular weight excluding hydrogens is 943 g/mol. The van der Waals surface area contributed by atoms with E-state index in [1.165, 1.54) is 60.9 Å². The number of nitrogens with one attached hydrogen (secondary N) is 1. The number of fused-ring (bicyclic) bond motifs is 4. The molecule has 13 heteroatoms. The summed E-state index contributed by atoms with van der Waals surface area (Å²) in [6.07, 6.45) is 1.60. The Morgan fingerprint density at radius 3 is 2.13 bits per heavy atom. The van der Waals surface area contributed by atoms with E-state index in [2.05, 4.69) is 90.0 Å². The van der Waals surface area contributed by atoms with Crippen molar-refractivity contribution in [3.63, 3.8) is 0 Å². The van der Waals surface area contributed by atoms with Gasteiger partial charge in [-0.3, -0.25) is 4.98 Å². The zero-order chi connectivity index (χ0) is 47.2. The molecule has 0 saturated heterocycles. The summed E-state index contributed by atoms with van der Waals surface area (Å²) in [6.45, 7) is 12.4. The Morgan fingerprint density at radius 2 is 1.48 bits per heavy atom. The Kier molecular flexibility index (Phi) is 10.9. The number of aromatic nitrogens is 5. The topological polar surface area (TPSA) is 87.4 Å². The van der Waals surface area contributed by atoms with Crippen molar-refractivity contribution < 1.29 is 42.5 Å². The Morgan fingerprint density at radius 1 is 0.817 bits per heavy atom. The minimum absolute atomic E-state index is 0. The number of nitrogens with zero attached hydrogens (tertiary/aromatic N) is 8. The fourth-order valence-electron chi connectivity index (χ4n) is 7.05. The van der Waals surface area contributed by atoms with Crippen molar-refractivity contribution in [2.45, 2.75) is 72.4 Å². The second-order valence-electron chi connectivity index (χ2n) is 15.2. The fourth-order valence-corrected chi connectivity index (χ4v) is 7.05. The number of para-hydroxylation sites is 1. The molecule has 0 bridgehead atoms. The summed E-state index contributed by atoms with van der Waals surface area (Å²) in [4.78, 5) is 25.4. The van der Waals surface area contributed by atoms with Crippen molar-refractivity contribution in [2.75, 3.05) is 34.0 Å². The van der Waals surface area contributed by atoms with Gasteiger partial charge in [0.05, 0.1) is 11.3 Å². The minimum atomic E-state index is -4.31. The first-order valence-corrected chi connectivity index (χ1v) is 19.2. The predicted octanol–water partition coefficient (Wildman–Crippen LogP) is 11.8. The minimum Gasteiger partial charge on any atom is -0.657 e. The first kappa shape index (κ1) is 36.4. The third kappa shape index (κ3) is 9.14. The number of hydrogen-bond donors (Lipinski definition) is 1. The van der Waals surface area contributed by atoms with Gasteiger partial charge in [-0.05, 0) is 77.7 Å². The van der Waals surface area contributed by atoms with Crippen molar-refractivity contribution in [2.24, 2.45) is 0 Å². The molecule has 0 radical (unpaired) electrons. The third-order valence-electron chi connectivity index (χ3n) is 10.1. The van der Waals surface area contributed by atoms with Crippen LogP contribution in [0.3, 0.4) is 0 Å². The number of alkyl halides is 3. The molecule has 4 heterocycles. The van der Waals surface area contributed by atoms with Crippen molar-refractivity contribution >= 4 is 50.6 Å². The summed E-state index contributed by atoms with van der Waals surface area (Å²) in [5, 5.41) is 4.47. The quantitative estimate of drug-likeness (QED) is 0.142. The number of rotatable bonds is 9. The van der Waals surface area contributed by atoms with Gasteiger partial charge in [0.15, 0.2) is 0 Å². The fraction of sp³-hybridized carbons (Fsp3) is 0.277. The van der Waals surface area contributed by atoms with Crippen LogP contribution in [0.5, 0.6) is 0 Å². The van der Waals surface area contributed by atoms with Crippen molar-refractivity contribution in [3.8, 4) is 11.1 Å². The first-order chi connectivity index (χ1) is 30.5. The molecule has 8 rings (SSSR count). The summed E-state index contributed by atoms with van der Waals surface area (Å²) in [7, 11) is 0. The van der Waals surface area contributed by atoms with Gasteiger partial charge in [0.2, 0.25) is 0 Å². The molecule has 0 spiro atoms. The van der Waals surface area contributed by atoms with E-state index in [-0.39, 0.29) is 44.5 Å². The Bertz CT molecular complexity index is 2800. The van der Waals surface area contributed by atoms with Crippen LogP contribution < -0.4 is 25.0 Å². The summed E-state index contributed by atoms with van der Waals surface area (Å²) < 4.78 is 86.9. The second-order valence-corrected chi connectivity index (χ2v) is 15.2. The van der Waals surface area contributed by atoms with E-state index in [1.54, 1.807) is 30.0 Å². The van der Waals surface area contributed by atoms with Gasteiger partial charge in [-0.2, -0.15) is 19.8 Å². The molecule has 7 aromatic rings. The van der Waals surface area contributed by atoms with E-state index in [0.29, 0.717) is 39.7 Å². The van der Waals surface area contributed by atoms with Crippen molar-refractivity contribution in [1.82, 2.24) is 24.9 Å². The molecule has 0 fully saturated rings. The van der Waals surface area contributed by atoms with Crippen LogP contribution in [0.25, 0.3) is 32.9 Å². The standard InChI is InChI=1S/C34H41N8.C13H7F3N.Pt/c1-21(2)25-16-29(22(3)4)31(30(17-25)23(5)6)26-14-27(39-19-40(8)32-24(7)35-10-11-36-32)18-28(15-26)42-20-41(9)33-34(42)38-13-12-37-33;14-13(15,16)8-5-6-12-10(7-8)9-3-1-2-4-11(9)17-12;/h10-17,19-23,39H,1-9H3;1-7H;/q-3;-1;+4/i8D3,9D3;;. The molecule has 0 atom stereocenters. The summed E-state index contributed by atoms with van der Waals surface area (Å²) in [6, 6.07) is 22.6. The molecule has 3 aromatic heterocycles. The monoisotopic (exact) mass is 996 g/mol. The maximum absolute atomic E-state index is 12.6. The Hall–Kier alpha value is -5.48. The molecule has 4 aromatic carbocycles. The molecule has 1 N–H and O–H groups in total. The smallest absolute Gasteiger partial charge is 0.657 e. The molecular formula is C47H48F3N9Pt. The van der Waals surface area contributed by atoms with Crippen LogP contribution in [0.4, 0.5) is 42.0 Å². The van der Waals surface area contributed by atoms with Crippen LogP contribution in [0.15, 0.2) is 91.5 Å². The van der Waals surface area contributed by atoms with E-state index in [1.807, 2.05) is 18.2 Å². The Balaban J connectivity index is 0.000000332. The number of aryl methyl sites for hydroxylation is 1. The number of hydrogen-bond acceptors (Lipinski definition) is 8. The number of halogens is 3. The maximum atomic E-state index is 12.6. The zero-order valence-corrected chi connectivity index (χ0v) is 36.3. The van der Waals surface area contributed by atoms with E-state index < -0.39 is 25.7 Å². The van der Waals surface area contributed by atoms with Gasteiger partial charge < -0.3 is 25.0 Å². The van der Waals surface area contributed by atoms with E-state index in [4.69, 9.17) is 8.22 Å². The number of anilines is 5. The van der Waals surface area contributed by atoms with Crippen molar-refractivity contribution in [3.05, 3.63) is 139 Å². The van der Waals surface area contributed by atoms with Crippen LogP contribution in [0, 0.1) is 26.3 Å². The van der Waals surface area contributed by atoms with Gasteiger partial charge in [-0.15, -0.1) is 52.8 Å². The SMILES string of the molecule is FC(F)(F)c1ccc2[n-]c3ccccc3c2c1.[2H]C([2H])([2H])N([CH-]Nc1[c-]c(N2[CH-]N(C([2H])([2H])[2H])c3nccnc32)cc(-c2c(C(C)C)cc(C(C)C)cc2C(C)C)c1)c1nccnc1C.[Pt+4]. The van der Waals surface area contributed by atoms with Gasteiger partial charge in [0.1, 0.15) is 17.5 Å². The molecule has 1 aliphatic heterocycles. The van der Waals surface area contributed by atoms with Crippen LogP contribution in [-0.2, 0) is 27.2 Å². The average Bonchev–Trinajstić information content (AvgIpc) is 3.82. The Labute approximate surface area is 373 Å². The molecule has 60 heavy (non-hydrogen) atoms. The normalized spacial score (nSPS) is 14.5. The molecule has 0 amide bonds. The van der Waals surface area contributed by atoms with Gasteiger partial charge in [0, 0.05) is 33.0 Å². The van der Waals surface area contributed by atoms with Crippen LogP contribution in [0.1, 0.15) is 95.5 Å². The van der Waals surface area contributed by atoms with Gasteiger partial charge in [0.25, 0.3) is 0 Å². The molecule has 1 aliphatic rings. The zero-order valence-electron chi connectivity index (χ0n) is 40.1. The van der Waals surface area contributed by atoms with Crippen LogP contribution in [0.2, 0.25) is 0 Å². The molecule has 312 valence electrons.